The van der Waals surface area contributed by atoms with Crippen LogP contribution in [-0.4, -0.2) is 49.2 Å². The Labute approximate surface area is 173 Å². The van der Waals surface area contributed by atoms with Crippen molar-refractivity contribution in [3.8, 4) is 11.6 Å². The van der Waals surface area contributed by atoms with Crippen LogP contribution in [0.15, 0.2) is 28.7 Å². The lowest BCUT2D eigenvalue weighted by molar-refractivity contribution is 0.0945. The minimum Gasteiger partial charge on any atom is -0.497 e. The molecule has 150 valence electrons. The molecule has 28 heavy (non-hydrogen) atoms. The van der Waals surface area contributed by atoms with E-state index in [1.54, 1.807) is 25.3 Å². The molecule has 0 saturated carbocycles. The highest BCUT2D eigenvalue weighted by Gasteiger charge is 2.15. The molecule has 1 saturated heterocycles. The van der Waals surface area contributed by atoms with Crippen LogP contribution in [0.25, 0.3) is 0 Å². The van der Waals surface area contributed by atoms with Gasteiger partial charge in [-0.3, -0.25) is 4.79 Å². The summed E-state index contributed by atoms with van der Waals surface area (Å²) in [6, 6.07) is 7.15. The number of methoxy groups -OCH3 is 1. The fourth-order valence-electron chi connectivity index (χ4n) is 3.10. The first kappa shape index (κ1) is 20.4. The number of nitrogens with one attached hydrogen (secondary N) is 1. The summed E-state index contributed by atoms with van der Waals surface area (Å²) in [5.41, 5.74) is 0.518. The maximum absolute atomic E-state index is 12.4. The lowest BCUT2D eigenvalue weighted by atomic mass is 10.1. The molecule has 2 aromatic rings. The summed E-state index contributed by atoms with van der Waals surface area (Å²) in [6.07, 6.45) is 3.64. The molecular weight excluding hydrogens is 424 g/mol. The lowest BCUT2D eigenvalue weighted by Crippen LogP contribution is -2.30. The van der Waals surface area contributed by atoms with Gasteiger partial charge in [-0.2, -0.15) is 4.98 Å². The third kappa shape index (κ3) is 5.34. The number of anilines is 1. The Morgan fingerprint density at radius 3 is 2.75 bits per heavy atom. The van der Waals surface area contributed by atoms with E-state index in [9.17, 15) is 4.79 Å². The number of hydrogen-bond acceptors (Lipinski definition) is 6. The van der Waals surface area contributed by atoms with E-state index in [1.807, 2.05) is 13.0 Å². The van der Waals surface area contributed by atoms with E-state index in [2.05, 4.69) is 36.1 Å². The topological polar surface area (TPSA) is 76.6 Å². The molecule has 0 atom stereocenters. The molecule has 1 amide bonds. The van der Waals surface area contributed by atoms with Gasteiger partial charge in [0, 0.05) is 23.6 Å². The van der Waals surface area contributed by atoms with Crippen LogP contribution in [-0.2, 0) is 0 Å². The van der Waals surface area contributed by atoms with Gasteiger partial charge in [-0.1, -0.05) is 0 Å². The van der Waals surface area contributed by atoms with Gasteiger partial charge >= 0.3 is 0 Å². The van der Waals surface area contributed by atoms with Crippen molar-refractivity contribution in [3.63, 3.8) is 0 Å². The molecule has 0 aliphatic carbocycles. The largest absolute Gasteiger partial charge is 0.497 e. The quantitative estimate of drug-likeness (QED) is 0.654. The van der Waals surface area contributed by atoms with Crippen molar-refractivity contribution in [1.29, 1.82) is 0 Å². The number of carbonyl (C=O) groups excluding carboxylic acids is 1. The molecule has 3 rings (SSSR count). The van der Waals surface area contributed by atoms with Gasteiger partial charge in [-0.05, 0) is 60.3 Å². The van der Waals surface area contributed by atoms with Gasteiger partial charge < -0.3 is 19.7 Å². The molecule has 2 heterocycles. The standard InChI is InChI=1S/C20H25BrN4O3/c1-14-23-18(25-9-4-3-5-10-25)13-19(24-14)28-11-8-22-20(26)16-12-15(27-2)6-7-17(16)21/h6-7,12-13H,3-5,8-11H2,1-2H3,(H,22,26). The number of benzene rings is 1. The average Bonchev–Trinajstić information content (AvgIpc) is 2.71. The van der Waals surface area contributed by atoms with E-state index in [0.29, 0.717) is 40.6 Å². The molecule has 0 spiro atoms. The van der Waals surface area contributed by atoms with Crippen molar-refractivity contribution in [2.75, 3.05) is 38.3 Å². The first-order valence-electron chi connectivity index (χ1n) is 9.42. The van der Waals surface area contributed by atoms with E-state index in [1.165, 1.54) is 19.3 Å². The van der Waals surface area contributed by atoms with Crippen LogP contribution in [0.1, 0.15) is 35.4 Å². The maximum atomic E-state index is 12.4. The molecule has 1 aliphatic heterocycles. The molecule has 0 radical (unpaired) electrons. The van der Waals surface area contributed by atoms with Crippen LogP contribution < -0.4 is 19.7 Å². The summed E-state index contributed by atoms with van der Waals surface area (Å²) < 4.78 is 11.6. The molecule has 1 aromatic carbocycles. The van der Waals surface area contributed by atoms with Gasteiger partial charge in [0.05, 0.1) is 19.2 Å². The number of aromatic nitrogens is 2. The number of amides is 1. The molecule has 0 unspecified atom stereocenters. The Morgan fingerprint density at radius 1 is 1.21 bits per heavy atom. The number of hydrogen-bond donors (Lipinski definition) is 1. The maximum Gasteiger partial charge on any atom is 0.252 e. The monoisotopic (exact) mass is 448 g/mol. The summed E-state index contributed by atoms with van der Waals surface area (Å²) in [7, 11) is 1.57. The van der Waals surface area contributed by atoms with E-state index < -0.39 is 0 Å². The summed E-state index contributed by atoms with van der Waals surface area (Å²) in [4.78, 5) is 23.5. The normalized spacial score (nSPS) is 13.9. The Balaban J connectivity index is 1.54. The molecule has 8 heteroatoms. The van der Waals surface area contributed by atoms with Crippen LogP contribution in [0.4, 0.5) is 5.82 Å². The molecule has 0 bridgehead atoms. The van der Waals surface area contributed by atoms with Crippen molar-refractivity contribution in [2.45, 2.75) is 26.2 Å². The van der Waals surface area contributed by atoms with Gasteiger partial charge in [0.25, 0.3) is 5.91 Å². The lowest BCUT2D eigenvalue weighted by Gasteiger charge is -2.28. The smallest absolute Gasteiger partial charge is 0.252 e. The van der Waals surface area contributed by atoms with Crippen LogP contribution in [0.2, 0.25) is 0 Å². The molecule has 1 aromatic heterocycles. The summed E-state index contributed by atoms with van der Waals surface area (Å²) in [6.45, 7) is 4.58. The number of rotatable bonds is 7. The fourth-order valence-corrected chi connectivity index (χ4v) is 3.53. The number of halogens is 1. The second kappa shape index (κ2) is 9.73. The first-order chi connectivity index (χ1) is 13.6. The Hall–Kier alpha value is -2.35. The molecule has 1 N–H and O–H groups in total. The van der Waals surface area contributed by atoms with Crippen molar-refractivity contribution < 1.29 is 14.3 Å². The van der Waals surface area contributed by atoms with Crippen molar-refractivity contribution in [1.82, 2.24) is 15.3 Å². The van der Waals surface area contributed by atoms with E-state index >= 15 is 0 Å². The third-order valence-corrected chi connectivity index (χ3v) is 5.23. The second-order valence-corrected chi connectivity index (χ2v) is 7.46. The van der Waals surface area contributed by atoms with Crippen molar-refractivity contribution in [3.05, 3.63) is 40.1 Å². The summed E-state index contributed by atoms with van der Waals surface area (Å²) in [5.74, 6) is 2.56. The Morgan fingerprint density at radius 2 is 2.00 bits per heavy atom. The average molecular weight is 449 g/mol. The highest BCUT2D eigenvalue weighted by Crippen LogP contribution is 2.23. The van der Waals surface area contributed by atoms with Gasteiger partial charge in [-0.25, -0.2) is 4.98 Å². The van der Waals surface area contributed by atoms with Crippen LogP contribution in [0.3, 0.4) is 0 Å². The van der Waals surface area contributed by atoms with Crippen molar-refractivity contribution >= 4 is 27.7 Å². The molecule has 1 fully saturated rings. The summed E-state index contributed by atoms with van der Waals surface area (Å²) >= 11 is 3.39. The number of piperidine rings is 1. The predicted octanol–water partition coefficient (Wildman–Crippen LogP) is 3.36. The second-order valence-electron chi connectivity index (χ2n) is 6.61. The van der Waals surface area contributed by atoms with E-state index in [0.717, 1.165) is 18.9 Å². The summed E-state index contributed by atoms with van der Waals surface area (Å²) in [5, 5.41) is 2.85. The zero-order valence-electron chi connectivity index (χ0n) is 16.2. The van der Waals surface area contributed by atoms with Crippen LogP contribution in [0.5, 0.6) is 11.6 Å². The van der Waals surface area contributed by atoms with E-state index in [-0.39, 0.29) is 5.91 Å². The minimum atomic E-state index is -0.192. The zero-order valence-corrected chi connectivity index (χ0v) is 17.8. The molecule has 7 nitrogen and oxygen atoms in total. The van der Waals surface area contributed by atoms with Gasteiger partial charge in [0.1, 0.15) is 24.0 Å². The number of ether oxygens (including phenoxy) is 2. The Bertz CT molecular complexity index is 825. The van der Waals surface area contributed by atoms with Gasteiger partial charge in [0.2, 0.25) is 5.88 Å². The molecular formula is C20H25BrN4O3. The Kier molecular flexibility index (Phi) is 7.08. The number of carbonyl (C=O) groups is 1. The number of nitrogens with zero attached hydrogens (tertiary/aromatic N) is 3. The third-order valence-electron chi connectivity index (χ3n) is 4.54. The highest BCUT2D eigenvalue weighted by atomic mass is 79.9. The first-order valence-corrected chi connectivity index (χ1v) is 10.2. The van der Waals surface area contributed by atoms with Gasteiger partial charge in [0.15, 0.2) is 0 Å². The fraction of sp³-hybridized carbons (Fsp3) is 0.450. The highest BCUT2D eigenvalue weighted by molar-refractivity contribution is 9.10. The van der Waals surface area contributed by atoms with E-state index in [4.69, 9.17) is 9.47 Å². The zero-order chi connectivity index (χ0) is 19.9. The van der Waals surface area contributed by atoms with Crippen LogP contribution >= 0.6 is 15.9 Å². The van der Waals surface area contributed by atoms with Gasteiger partial charge in [-0.15, -0.1) is 0 Å². The van der Waals surface area contributed by atoms with Crippen molar-refractivity contribution in [2.24, 2.45) is 0 Å². The molecule has 1 aliphatic rings. The SMILES string of the molecule is COc1ccc(Br)c(C(=O)NCCOc2cc(N3CCCCC3)nc(C)n2)c1. The minimum absolute atomic E-state index is 0.192. The predicted molar refractivity (Wildman–Crippen MR) is 111 cm³/mol. The number of aryl methyl sites for hydroxylation is 1. The van der Waals surface area contributed by atoms with Crippen LogP contribution in [0, 0.1) is 6.92 Å².